The highest BCUT2D eigenvalue weighted by Gasteiger charge is 2.58. The summed E-state index contributed by atoms with van der Waals surface area (Å²) >= 11 is 0. The van der Waals surface area contributed by atoms with Crippen LogP contribution in [0.4, 0.5) is 0 Å². The molecule has 166 valence electrons. The van der Waals surface area contributed by atoms with E-state index in [9.17, 15) is 14.7 Å². The molecule has 7 unspecified atom stereocenters. The molecule has 1 N–H and O–H groups in total. The predicted octanol–water partition coefficient (Wildman–Crippen LogP) is 6.60. The summed E-state index contributed by atoms with van der Waals surface area (Å²) in [4.78, 5) is 25.5. The molecule has 0 aliphatic heterocycles. The maximum absolute atomic E-state index is 12.9. The van der Waals surface area contributed by atoms with Crippen molar-refractivity contribution < 1.29 is 14.7 Å². The van der Waals surface area contributed by atoms with Crippen molar-refractivity contribution in [2.45, 2.75) is 98.8 Å². The van der Waals surface area contributed by atoms with Crippen molar-refractivity contribution in [3.63, 3.8) is 0 Å². The van der Waals surface area contributed by atoms with Gasteiger partial charge >= 0.3 is 5.97 Å². The Balaban J connectivity index is 1.79. The fourth-order valence-corrected chi connectivity index (χ4v) is 7.69. The second-order valence-corrected chi connectivity index (χ2v) is 11.5. The van der Waals surface area contributed by atoms with Gasteiger partial charge in [-0.2, -0.15) is 0 Å². The predicted molar refractivity (Wildman–Crippen MR) is 118 cm³/mol. The normalized spacial score (nSPS) is 41.4. The van der Waals surface area contributed by atoms with Crippen LogP contribution in [0, 0.1) is 52.8 Å². The molecule has 3 aliphatic carbocycles. The van der Waals surface area contributed by atoms with Crippen molar-refractivity contribution in [3.8, 4) is 0 Å². The quantitative estimate of drug-likeness (QED) is 0.520. The summed E-state index contributed by atoms with van der Waals surface area (Å²) in [6.45, 7) is 11.5. The van der Waals surface area contributed by atoms with E-state index >= 15 is 0 Å². The lowest BCUT2D eigenvalue weighted by molar-refractivity contribution is -0.159. The van der Waals surface area contributed by atoms with Gasteiger partial charge in [0.25, 0.3) is 0 Å². The van der Waals surface area contributed by atoms with Crippen LogP contribution in [-0.4, -0.2) is 16.9 Å². The van der Waals surface area contributed by atoms with Crippen LogP contribution in [0.1, 0.15) is 98.8 Å². The number of hydrogen-bond acceptors (Lipinski definition) is 2. The summed E-state index contributed by atoms with van der Waals surface area (Å²) in [5.74, 6) is 2.85. The topological polar surface area (TPSA) is 54.4 Å². The molecule has 3 saturated carbocycles. The highest BCUT2D eigenvalue weighted by molar-refractivity contribution is 5.86. The summed E-state index contributed by atoms with van der Waals surface area (Å²) in [6.07, 6.45) is 10.6. The first-order chi connectivity index (χ1) is 13.7. The lowest BCUT2D eigenvalue weighted by Crippen LogP contribution is -2.52. The summed E-state index contributed by atoms with van der Waals surface area (Å²) in [5.41, 5.74) is -0.415. The van der Waals surface area contributed by atoms with Gasteiger partial charge in [0.1, 0.15) is 5.78 Å². The first-order valence-electron chi connectivity index (χ1n) is 12.4. The summed E-state index contributed by atoms with van der Waals surface area (Å²) in [5, 5.41) is 10.3. The van der Waals surface area contributed by atoms with E-state index in [0.717, 1.165) is 38.0 Å². The van der Waals surface area contributed by atoms with Crippen LogP contribution in [0.2, 0.25) is 0 Å². The zero-order valence-electron chi connectivity index (χ0n) is 19.5. The van der Waals surface area contributed by atoms with Crippen LogP contribution in [-0.2, 0) is 9.59 Å². The molecule has 0 bridgehead atoms. The fraction of sp³-hybridized carbons (Fsp3) is 0.923. The second kappa shape index (κ2) is 9.10. The van der Waals surface area contributed by atoms with Gasteiger partial charge in [-0.1, -0.05) is 60.3 Å². The third-order valence-electron chi connectivity index (χ3n) is 9.26. The van der Waals surface area contributed by atoms with Gasteiger partial charge in [-0.05, 0) is 73.5 Å². The Morgan fingerprint density at radius 2 is 1.90 bits per heavy atom. The molecular formula is C26H44O3. The number of aliphatic carboxylic acids is 1. The van der Waals surface area contributed by atoms with Crippen molar-refractivity contribution in [3.05, 3.63) is 0 Å². The first-order valence-corrected chi connectivity index (χ1v) is 12.4. The number of hydrogen-bond donors (Lipinski definition) is 1. The van der Waals surface area contributed by atoms with Crippen LogP contribution >= 0.6 is 0 Å². The van der Waals surface area contributed by atoms with E-state index in [0.29, 0.717) is 35.9 Å². The van der Waals surface area contributed by atoms with Crippen molar-refractivity contribution >= 4 is 11.8 Å². The van der Waals surface area contributed by atoms with E-state index in [1.807, 2.05) is 0 Å². The van der Waals surface area contributed by atoms with Crippen molar-refractivity contribution in [1.29, 1.82) is 0 Å². The van der Waals surface area contributed by atoms with Gasteiger partial charge < -0.3 is 5.11 Å². The number of rotatable bonds is 7. The maximum Gasteiger partial charge on any atom is 0.307 e. The van der Waals surface area contributed by atoms with Gasteiger partial charge in [0.2, 0.25) is 0 Å². The molecule has 0 aromatic carbocycles. The minimum Gasteiger partial charge on any atom is -0.481 e. The molecular weight excluding hydrogens is 360 g/mol. The summed E-state index contributed by atoms with van der Waals surface area (Å²) in [7, 11) is 0. The highest BCUT2D eigenvalue weighted by atomic mass is 16.4. The lowest BCUT2D eigenvalue weighted by Gasteiger charge is -2.51. The SMILES string of the molecule is CC(C)CCCC(C)C1CCC2C(C(=O)O)C(C3(C)CCCCC3=O)C[C@@H](C)C12. The minimum atomic E-state index is -0.635. The molecule has 8 atom stereocenters. The number of carbonyl (C=O) groups is 2. The van der Waals surface area contributed by atoms with Crippen LogP contribution < -0.4 is 0 Å². The van der Waals surface area contributed by atoms with E-state index in [1.165, 1.54) is 25.7 Å². The van der Waals surface area contributed by atoms with Gasteiger partial charge in [0.15, 0.2) is 0 Å². The molecule has 3 nitrogen and oxygen atoms in total. The molecule has 0 spiro atoms. The Hall–Kier alpha value is -0.860. The monoisotopic (exact) mass is 404 g/mol. The third kappa shape index (κ3) is 4.44. The van der Waals surface area contributed by atoms with Crippen molar-refractivity contribution in [2.75, 3.05) is 0 Å². The Morgan fingerprint density at radius 1 is 1.17 bits per heavy atom. The number of carboxylic acids is 1. The Morgan fingerprint density at radius 3 is 2.52 bits per heavy atom. The standard InChI is InChI=1S/C26H44O3/c1-16(2)9-8-10-17(3)19-12-13-20-23(19)18(4)15-21(24(20)25(28)29)26(5)14-7-6-11-22(26)27/h16-21,23-24H,6-15H2,1-5H3,(H,28,29)/t17?,18-,19?,20?,21?,23?,24?,26?/m1/s1. The highest BCUT2D eigenvalue weighted by Crippen LogP contribution is 2.60. The average Bonchev–Trinajstić information content (AvgIpc) is 3.09. The maximum atomic E-state index is 12.9. The molecule has 0 saturated heterocycles. The number of Topliss-reactive ketones (excluding diaryl/α,β-unsaturated/α-hetero) is 1. The lowest BCUT2D eigenvalue weighted by atomic mass is 9.52. The Kier molecular flexibility index (Phi) is 7.16. The van der Waals surface area contributed by atoms with Gasteiger partial charge in [-0.3, -0.25) is 9.59 Å². The summed E-state index contributed by atoms with van der Waals surface area (Å²) < 4.78 is 0. The zero-order chi connectivity index (χ0) is 21.3. The largest absolute Gasteiger partial charge is 0.481 e. The molecule has 3 rings (SSSR count). The molecule has 3 heteroatoms. The van der Waals surface area contributed by atoms with E-state index in [4.69, 9.17) is 0 Å². The Labute approximate surface area is 178 Å². The van der Waals surface area contributed by atoms with E-state index in [2.05, 4.69) is 34.6 Å². The third-order valence-corrected chi connectivity index (χ3v) is 9.26. The van der Waals surface area contributed by atoms with Crippen LogP contribution in [0.25, 0.3) is 0 Å². The van der Waals surface area contributed by atoms with Crippen molar-refractivity contribution in [2.24, 2.45) is 52.8 Å². The fourth-order valence-electron chi connectivity index (χ4n) is 7.69. The molecule has 29 heavy (non-hydrogen) atoms. The molecule has 0 aromatic heterocycles. The number of fused-ring (bicyclic) bond motifs is 1. The van der Waals surface area contributed by atoms with Gasteiger partial charge in [-0.15, -0.1) is 0 Å². The number of ketones is 1. The smallest absolute Gasteiger partial charge is 0.307 e. The molecule has 3 fully saturated rings. The molecule has 0 heterocycles. The molecule has 0 amide bonds. The van der Waals surface area contributed by atoms with Gasteiger partial charge in [-0.25, -0.2) is 0 Å². The van der Waals surface area contributed by atoms with E-state index in [-0.39, 0.29) is 17.8 Å². The molecule has 0 radical (unpaired) electrons. The average molecular weight is 405 g/mol. The molecule has 3 aliphatic rings. The number of carbonyl (C=O) groups excluding carboxylic acids is 1. The van der Waals surface area contributed by atoms with Crippen LogP contribution in [0.5, 0.6) is 0 Å². The zero-order valence-corrected chi connectivity index (χ0v) is 19.5. The minimum absolute atomic E-state index is 0.0269. The van der Waals surface area contributed by atoms with Crippen LogP contribution in [0.15, 0.2) is 0 Å². The van der Waals surface area contributed by atoms with Crippen LogP contribution in [0.3, 0.4) is 0 Å². The van der Waals surface area contributed by atoms with Crippen molar-refractivity contribution in [1.82, 2.24) is 0 Å². The van der Waals surface area contributed by atoms with Gasteiger partial charge in [0.05, 0.1) is 5.92 Å². The second-order valence-electron chi connectivity index (χ2n) is 11.5. The van der Waals surface area contributed by atoms with E-state index in [1.54, 1.807) is 0 Å². The van der Waals surface area contributed by atoms with Gasteiger partial charge in [0, 0.05) is 11.8 Å². The molecule has 0 aromatic rings. The first kappa shape index (κ1) is 22.8. The number of carboxylic acid groups (broad SMARTS) is 1. The summed E-state index contributed by atoms with van der Waals surface area (Å²) in [6, 6.07) is 0. The Bertz CT molecular complexity index is 597. The van der Waals surface area contributed by atoms with E-state index < -0.39 is 11.4 Å².